The second-order valence-electron chi connectivity index (χ2n) is 4.95. The van der Waals surface area contributed by atoms with Gasteiger partial charge in [-0.25, -0.2) is 0 Å². The number of furan rings is 1. The summed E-state index contributed by atoms with van der Waals surface area (Å²) >= 11 is 0. The molecule has 1 atom stereocenters. The molecule has 0 aliphatic heterocycles. The largest absolute Gasteiger partial charge is 0.461 e. The van der Waals surface area contributed by atoms with Crippen molar-refractivity contribution in [1.29, 1.82) is 0 Å². The quantitative estimate of drug-likeness (QED) is 0.879. The van der Waals surface area contributed by atoms with E-state index in [1.54, 1.807) is 6.92 Å². The first-order chi connectivity index (χ1) is 9.40. The molecule has 110 valence electrons. The normalized spacial score (nSPS) is 13.8. The van der Waals surface area contributed by atoms with E-state index in [1.807, 2.05) is 31.2 Å². The first-order valence-electron chi connectivity index (χ1n) is 6.70. The Bertz CT molecular complexity index is 574. The number of halogens is 3. The Kier molecular flexibility index (Phi) is 4.38. The lowest BCUT2D eigenvalue weighted by molar-refractivity contribution is -0.139. The molecule has 5 heteroatoms. The lowest BCUT2D eigenvalue weighted by Gasteiger charge is -2.15. The number of benzene rings is 1. The third-order valence-electron chi connectivity index (χ3n) is 3.27. The number of hydrogen-bond acceptors (Lipinski definition) is 2. The summed E-state index contributed by atoms with van der Waals surface area (Å²) in [6.07, 6.45) is -4.25. The zero-order chi connectivity index (χ0) is 14.8. The van der Waals surface area contributed by atoms with E-state index in [0.29, 0.717) is 6.54 Å². The number of nitrogens with one attached hydrogen (secondary N) is 1. The Hall–Kier alpha value is -1.49. The van der Waals surface area contributed by atoms with E-state index in [0.717, 1.165) is 28.7 Å². The van der Waals surface area contributed by atoms with Gasteiger partial charge in [0.1, 0.15) is 11.3 Å². The molecule has 1 aromatic carbocycles. The summed E-state index contributed by atoms with van der Waals surface area (Å²) in [5.74, 6) is 0.831. The minimum atomic E-state index is -4.14. The highest BCUT2D eigenvalue weighted by atomic mass is 19.4. The van der Waals surface area contributed by atoms with Gasteiger partial charge < -0.3 is 9.73 Å². The van der Waals surface area contributed by atoms with Gasteiger partial charge in [0.15, 0.2) is 0 Å². The average Bonchev–Trinajstić information content (AvgIpc) is 2.72. The van der Waals surface area contributed by atoms with Crippen molar-refractivity contribution in [3.63, 3.8) is 0 Å². The maximum absolute atomic E-state index is 12.3. The van der Waals surface area contributed by atoms with Crippen molar-refractivity contribution in [2.45, 2.75) is 45.5 Å². The highest BCUT2D eigenvalue weighted by Gasteiger charge is 2.29. The van der Waals surface area contributed by atoms with Gasteiger partial charge in [-0.3, -0.25) is 0 Å². The van der Waals surface area contributed by atoms with Crippen molar-refractivity contribution in [2.24, 2.45) is 0 Å². The topological polar surface area (TPSA) is 25.2 Å². The Balaban J connectivity index is 2.13. The van der Waals surface area contributed by atoms with Crippen LogP contribution in [0, 0.1) is 0 Å². The number of hydrogen-bond donors (Lipinski definition) is 1. The highest BCUT2D eigenvalue weighted by Crippen LogP contribution is 2.27. The van der Waals surface area contributed by atoms with Crippen LogP contribution in [0.25, 0.3) is 11.0 Å². The van der Waals surface area contributed by atoms with Gasteiger partial charge in [-0.1, -0.05) is 25.1 Å². The Morgan fingerprint density at radius 1 is 1.25 bits per heavy atom. The van der Waals surface area contributed by atoms with Crippen LogP contribution >= 0.6 is 0 Å². The van der Waals surface area contributed by atoms with Crippen LogP contribution in [-0.2, 0) is 13.0 Å². The predicted octanol–water partition coefficient (Wildman–Crippen LogP) is 4.43. The van der Waals surface area contributed by atoms with Crippen molar-refractivity contribution >= 4 is 11.0 Å². The molecule has 2 rings (SSSR count). The number of rotatable bonds is 5. The van der Waals surface area contributed by atoms with Crippen LogP contribution in [0.3, 0.4) is 0 Å². The molecule has 0 aliphatic rings. The number of fused-ring (bicyclic) bond motifs is 1. The van der Waals surface area contributed by atoms with E-state index >= 15 is 0 Å². The molecule has 0 aliphatic carbocycles. The van der Waals surface area contributed by atoms with Crippen LogP contribution in [0.5, 0.6) is 0 Å². The predicted molar refractivity (Wildman–Crippen MR) is 72.6 cm³/mol. The van der Waals surface area contributed by atoms with Crippen molar-refractivity contribution in [3.8, 4) is 0 Å². The first-order valence-corrected chi connectivity index (χ1v) is 6.70. The van der Waals surface area contributed by atoms with Crippen LogP contribution in [0.1, 0.15) is 31.6 Å². The molecule has 20 heavy (non-hydrogen) atoms. The fourth-order valence-corrected chi connectivity index (χ4v) is 2.32. The Labute approximate surface area is 116 Å². The monoisotopic (exact) mass is 285 g/mol. The lowest BCUT2D eigenvalue weighted by Crippen LogP contribution is -2.30. The van der Waals surface area contributed by atoms with Crippen LogP contribution in [0.4, 0.5) is 13.2 Å². The van der Waals surface area contributed by atoms with Crippen LogP contribution in [-0.4, -0.2) is 12.2 Å². The van der Waals surface area contributed by atoms with Gasteiger partial charge in [-0.05, 0) is 13.0 Å². The Morgan fingerprint density at radius 3 is 2.60 bits per heavy atom. The van der Waals surface area contributed by atoms with E-state index in [4.69, 9.17) is 4.42 Å². The van der Waals surface area contributed by atoms with Gasteiger partial charge in [0.25, 0.3) is 0 Å². The second kappa shape index (κ2) is 5.87. The maximum atomic E-state index is 12.3. The number of alkyl halides is 3. The fraction of sp³-hybridized carbons (Fsp3) is 0.467. The minimum Gasteiger partial charge on any atom is -0.461 e. The van der Waals surface area contributed by atoms with E-state index in [1.165, 1.54) is 0 Å². The second-order valence-corrected chi connectivity index (χ2v) is 4.95. The fourth-order valence-electron chi connectivity index (χ4n) is 2.32. The third-order valence-corrected chi connectivity index (χ3v) is 3.27. The van der Waals surface area contributed by atoms with E-state index in [9.17, 15) is 13.2 Å². The molecule has 1 unspecified atom stereocenters. The van der Waals surface area contributed by atoms with Gasteiger partial charge >= 0.3 is 6.18 Å². The van der Waals surface area contributed by atoms with E-state index in [-0.39, 0.29) is 0 Å². The summed E-state index contributed by atoms with van der Waals surface area (Å²) in [4.78, 5) is 0. The molecule has 0 fully saturated rings. The minimum absolute atomic E-state index is 0.386. The zero-order valence-corrected chi connectivity index (χ0v) is 11.6. The van der Waals surface area contributed by atoms with Gasteiger partial charge in [0, 0.05) is 30.0 Å². The van der Waals surface area contributed by atoms with Gasteiger partial charge in [0.05, 0.1) is 6.42 Å². The molecule has 2 aromatic rings. The molecular weight excluding hydrogens is 267 g/mol. The van der Waals surface area contributed by atoms with Crippen LogP contribution in [0.2, 0.25) is 0 Å². The highest BCUT2D eigenvalue weighted by molar-refractivity contribution is 5.82. The van der Waals surface area contributed by atoms with Crippen molar-refractivity contribution < 1.29 is 17.6 Å². The molecule has 0 bridgehead atoms. The zero-order valence-electron chi connectivity index (χ0n) is 11.6. The average molecular weight is 285 g/mol. The van der Waals surface area contributed by atoms with Crippen LogP contribution < -0.4 is 5.32 Å². The molecule has 0 radical (unpaired) electrons. The third kappa shape index (κ3) is 3.54. The molecule has 0 amide bonds. The summed E-state index contributed by atoms with van der Waals surface area (Å²) in [7, 11) is 0. The first kappa shape index (κ1) is 14.9. The van der Waals surface area contributed by atoms with Gasteiger partial charge in [-0.2, -0.15) is 13.2 Å². The molecule has 1 N–H and O–H groups in total. The molecule has 2 nitrogen and oxygen atoms in total. The maximum Gasteiger partial charge on any atom is 0.390 e. The van der Waals surface area contributed by atoms with Crippen LogP contribution in [0.15, 0.2) is 28.7 Å². The number of aryl methyl sites for hydroxylation is 1. The summed E-state index contributed by atoms with van der Waals surface area (Å²) in [6.45, 7) is 3.90. The number of para-hydroxylation sites is 1. The summed E-state index contributed by atoms with van der Waals surface area (Å²) in [5, 5.41) is 3.90. The SMILES string of the molecule is CCc1oc2ccccc2c1CNC(C)CC(F)(F)F. The summed E-state index contributed by atoms with van der Waals surface area (Å²) in [6, 6.07) is 6.98. The molecule has 1 heterocycles. The van der Waals surface area contributed by atoms with E-state index in [2.05, 4.69) is 5.32 Å². The lowest BCUT2D eigenvalue weighted by atomic mass is 10.1. The Morgan fingerprint density at radius 2 is 1.95 bits per heavy atom. The van der Waals surface area contributed by atoms with Gasteiger partial charge in [-0.15, -0.1) is 0 Å². The molecule has 1 aromatic heterocycles. The smallest absolute Gasteiger partial charge is 0.390 e. The van der Waals surface area contributed by atoms with Crippen molar-refractivity contribution in [1.82, 2.24) is 5.32 Å². The van der Waals surface area contributed by atoms with Crippen molar-refractivity contribution in [2.75, 3.05) is 0 Å². The molecule has 0 saturated carbocycles. The van der Waals surface area contributed by atoms with Gasteiger partial charge in [0.2, 0.25) is 0 Å². The van der Waals surface area contributed by atoms with Crippen molar-refractivity contribution in [3.05, 3.63) is 35.6 Å². The standard InChI is InChI=1S/C15H18F3NO/c1-3-13-12(9-19-10(2)8-15(16,17)18)11-6-4-5-7-14(11)20-13/h4-7,10,19H,3,8-9H2,1-2H3. The molecule has 0 spiro atoms. The summed E-state index contributed by atoms with van der Waals surface area (Å²) in [5.41, 5.74) is 1.74. The summed E-state index contributed by atoms with van der Waals surface area (Å²) < 4.78 is 42.7. The molecule has 0 saturated heterocycles. The molecular formula is C15H18F3NO. The van der Waals surface area contributed by atoms with E-state index < -0.39 is 18.6 Å².